The number of hydrogen-bond donors (Lipinski definition) is 1. The van der Waals surface area contributed by atoms with E-state index in [0.717, 1.165) is 5.56 Å². The average molecular weight is 253 g/mol. The Morgan fingerprint density at radius 2 is 1.71 bits per heavy atom. The van der Waals surface area contributed by atoms with Crippen molar-refractivity contribution in [2.75, 3.05) is 6.26 Å². The van der Waals surface area contributed by atoms with E-state index in [9.17, 15) is 8.42 Å². The Labute approximate surface area is 103 Å². The first-order chi connectivity index (χ1) is 7.98. The molecular weight excluding hydrogens is 234 g/mol. The number of nitrogens with two attached hydrogens (primary N) is 1. The van der Waals surface area contributed by atoms with Crippen LogP contribution in [0.25, 0.3) is 0 Å². The third kappa shape index (κ3) is 2.87. The van der Waals surface area contributed by atoms with Crippen molar-refractivity contribution in [2.45, 2.75) is 36.6 Å². The maximum atomic E-state index is 11.3. The molecule has 0 amide bonds. The molecule has 17 heavy (non-hydrogen) atoms. The summed E-state index contributed by atoms with van der Waals surface area (Å²) in [6, 6.07) is 7.05. The highest BCUT2D eigenvalue weighted by atomic mass is 32.2. The van der Waals surface area contributed by atoms with Gasteiger partial charge in [0.1, 0.15) is 0 Å². The van der Waals surface area contributed by atoms with Crippen LogP contribution in [-0.2, 0) is 9.84 Å². The van der Waals surface area contributed by atoms with Gasteiger partial charge in [0.2, 0.25) is 0 Å². The van der Waals surface area contributed by atoms with Crippen molar-refractivity contribution in [3.63, 3.8) is 0 Å². The van der Waals surface area contributed by atoms with Crippen LogP contribution in [0.2, 0.25) is 0 Å². The quantitative estimate of drug-likeness (QED) is 0.899. The van der Waals surface area contributed by atoms with Crippen LogP contribution in [-0.4, -0.2) is 14.7 Å². The lowest BCUT2D eigenvalue weighted by Gasteiger charge is -2.19. The number of sulfone groups is 1. The van der Waals surface area contributed by atoms with Crippen molar-refractivity contribution in [1.29, 1.82) is 0 Å². The molecule has 2 N–H and O–H groups in total. The van der Waals surface area contributed by atoms with E-state index in [1.165, 1.54) is 31.9 Å². The van der Waals surface area contributed by atoms with Crippen molar-refractivity contribution in [1.82, 2.24) is 0 Å². The highest BCUT2D eigenvalue weighted by molar-refractivity contribution is 7.90. The lowest BCUT2D eigenvalue weighted by atomic mass is 9.93. The molecule has 1 aromatic carbocycles. The molecule has 0 aliphatic heterocycles. The van der Waals surface area contributed by atoms with Gasteiger partial charge in [-0.25, -0.2) is 8.42 Å². The van der Waals surface area contributed by atoms with Gasteiger partial charge < -0.3 is 5.73 Å². The van der Waals surface area contributed by atoms with Gasteiger partial charge in [0, 0.05) is 12.3 Å². The minimum absolute atomic E-state index is 0.0473. The number of rotatable bonds is 3. The van der Waals surface area contributed by atoms with Gasteiger partial charge in [0.25, 0.3) is 0 Å². The SMILES string of the molecule is CS(=O)(=O)c1ccc(C(N)C2CCCC2)cc1. The van der Waals surface area contributed by atoms with Crippen molar-refractivity contribution in [2.24, 2.45) is 11.7 Å². The molecule has 0 bridgehead atoms. The summed E-state index contributed by atoms with van der Waals surface area (Å²) in [7, 11) is -3.11. The van der Waals surface area contributed by atoms with Gasteiger partial charge in [-0.05, 0) is 36.5 Å². The average Bonchev–Trinajstić information content (AvgIpc) is 2.80. The minimum atomic E-state index is -3.11. The molecule has 1 aromatic rings. The van der Waals surface area contributed by atoms with Crippen LogP contribution < -0.4 is 5.73 Å². The van der Waals surface area contributed by atoms with E-state index in [4.69, 9.17) is 5.73 Å². The standard InChI is InChI=1S/C13H19NO2S/c1-17(15,16)12-8-6-11(7-9-12)13(14)10-4-2-3-5-10/h6-10,13H,2-5,14H2,1H3. The van der Waals surface area contributed by atoms with Crippen molar-refractivity contribution >= 4 is 9.84 Å². The Kier molecular flexibility index (Phi) is 3.54. The first kappa shape index (κ1) is 12.6. The molecule has 4 heteroatoms. The van der Waals surface area contributed by atoms with Gasteiger partial charge >= 0.3 is 0 Å². The summed E-state index contributed by atoms with van der Waals surface area (Å²) < 4.78 is 22.7. The summed E-state index contributed by atoms with van der Waals surface area (Å²) in [5, 5.41) is 0. The summed E-state index contributed by atoms with van der Waals surface area (Å²) >= 11 is 0. The maximum Gasteiger partial charge on any atom is 0.175 e. The zero-order valence-corrected chi connectivity index (χ0v) is 10.9. The van der Waals surface area contributed by atoms with E-state index in [-0.39, 0.29) is 6.04 Å². The van der Waals surface area contributed by atoms with Gasteiger partial charge in [0.05, 0.1) is 4.90 Å². The molecule has 1 aliphatic rings. The Morgan fingerprint density at radius 3 is 2.18 bits per heavy atom. The molecule has 0 radical (unpaired) electrons. The van der Waals surface area contributed by atoms with Crippen LogP contribution in [0.15, 0.2) is 29.2 Å². The topological polar surface area (TPSA) is 60.2 Å². The fourth-order valence-electron chi connectivity index (χ4n) is 2.53. The van der Waals surface area contributed by atoms with E-state index in [2.05, 4.69) is 0 Å². The lowest BCUT2D eigenvalue weighted by Crippen LogP contribution is -2.19. The molecule has 1 unspecified atom stereocenters. The molecule has 3 nitrogen and oxygen atoms in total. The van der Waals surface area contributed by atoms with Crippen molar-refractivity contribution < 1.29 is 8.42 Å². The predicted molar refractivity (Wildman–Crippen MR) is 68.4 cm³/mol. The molecule has 1 atom stereocenters. The maximum absolute atomic E-state index is 11.3. The summed E-state index contributed by atoms with van der Waals surface area (Å²) in [6.45, 7) is 0. The number of benzene rings is 1. The first-order valence-corrected chi connectivity index (χ1v) is 7.93. The third-order valence-corrected chi connectivity index (χ3v) is 4.73. The molecular formula is C13H19NO2S. The van der Waals surface area contributed by atoms with Crippen molar-refractivity contribution in [3.05, 3.63) is 29.8 Å². The smallest absolute Gasteiger partial charge is 0.175 e. The first-order valence-electron chi connectivity index (χ1n) is 6.04. The Balaban J connectivity index is 2.17. The zero-order chi connectivity index (χ0) is 12.5. The fraction of sp³-hybridized carbons (Fsp3) is 0.538. The second-order valence-electron chi connectivity index (χ2n) is 4.91. The molecule has 0 spiro atoms. The van der Waals surface area contributed by atoms with Crippen LogP contribution in [0.3, 0.4) is 0 Å². The fourth-order valence-corrected chi connectivity index (χ4v) is 3.16. The van der Waals surface area contributed by atoms with E-state index < -0.39 is 9.84 Å². The Morgan fingerprint density at radius 1 is 1.18 bits per heavy atom. The van der Waals surface area contributed by atoms with E-state index in [1.807, 2.05) is 12.1 Å². The van der Waals surface area contributed by atoms with Gasteiger partial charge in [0.15, 0.2) is 9.84 Å². The van der Waals surface area contributed by atoms with Gasteiger partial charge in [-0.2, -0.15) is 0 Å². The molecule has 0 saturated heterocycles. The summed E-state index contributed by atoms with van der Waals surface area (Å²) in [4.78, 5) is 0.361. The highest BCUT2D eigenvalue weighted by Crippen LogP contribution is 2.34. The van der Waals surface area contributed by atoms with Crippen LogP contribution in [0.1, 0.15) is 37.3 Å². The minimum Gasteiger partial charge on any atom is -0.324 e. The molecule has 2 rings (SSSR count). The molecule has 1 saturated carbocycles. The molecule has 0 aromatic heterocycles. The van der Waals surface area contributed by atoms with E-state index >= 15 is 0 Å². The Bertz CT molecular complexity index is 473. The van der Waals surface area contributed by atoms with Crippen LogP contribution in [0.4, 0.5) is 0 Å². The van der Waals surface area contributed by atoms with Crippen LogP contribution in [0, 0.1) is 5.92 Å². The van der Waals surface area contributed by atoms with Gasteiger partial charge in [-0.3, -0.25) is 0 Å². The molecule has 1 aliphatic carbocycles. The van der Waals surface area contributed by atoms with E-state index in [0.29, 0.717) is 10.8 Å². The monoisotopic (exact) mass is 253 g/mol. The molecule has 94 valence electrons. The summed E-state index contributed by atoms with van der Waals surface area (Å²) in [5.74, 6) is 0.555. The largest absolute Gasteiger partial charge is 0.324 e. The van der Waals surface area contributed by atoms with Gasteiger partial charge in [-0.15, -0.1) is 0 Å². The lowest BCUT2D eigenvalue weighted by molar-refractivity contribution is 0.445. The second-order valence-corrected chi connectivity index (χ2v) is 6.93. The van der Waals surface area contributed by atoms with E-state index in [1.54, 1.807) is 12.1 Å². The third-order valence-electron chi connectivity index (χ3n) is 3.60. The summed E-state index contributed by atoms with van der Waals surface area (Å²) in [5.41, 5.74) is 7.26. The van der Waals surface area contributed by atoms with Gasteiger partial charge in [-0.1, -0.05) is 25.0 Å². The second kappa shape index (κ2) is 4.78. The molecule has 0 heterocycles. The van der Waals surface area contributed by atoms with Crippen LogP contribution in [0.5, 0.6) is 0 Å². The van der Waals surface area contributed by atoms with Crippen LogP contribution >= 0.6 is 0 Å². The summed E-state index contributed by atoms with van der Waals surface area (Å²) in [6.07, 6.45) is 6.13. The normalized spacial score (nSPS) is 19.4. The Hall–Kier alpha value is -0.870. The highest BCUT2D eigenvalue weighted by Gasteiger charge is 2.23. The van der Waals surface area contributed by atoms with Crippen molar-refractivity contribution in [3.8, 4) is 0 Å². The predicted octanol–water partition coefficient (Wildman–Crippen LogP) is 2.28. The number of hydrogen-bond acceptors (Lipinski definition) is 3. The zero-order valence-electron chi connectivity index (χ0n) is 10.1. The molecule has 1 fully saturated rings.